The van der Waals surface area contributed by atoms with Crippen LogP contribution in [0.25, 0.3) is 0 Å². The molecule has 5 nitrogen and oxygen atoms in total. The maximum atomic E-state index is 11.8. The Bertz CT molecular complexity index is 412. The Hall–Kier alpha value is -0.810. The van der Waals surface area contributed by atoms with E-state index in [2.05, 4.69) is 26.1 Å². The zero-order chi connectivity index (χ0) is 23.9. The predicted molar refractivity (Wildman–Crippen MR) is 135 cm³/mol. The molecule has 0 saturated heterocycles. The standard InChI is InChI=1S/C27H55NO4/c1-6-7-8-9-10-11-12-13-14-15-16-17-21-30-22-18-20-28-26(29)31-24-27(4,5)32-23-19-25(2)3/h25H,6-24H2,1-5H3,(H,28,29). The number of alkyl carbamates (subject to hydrolysis) is 1. The fourth-order valence-corrected chi connectivity index (χ4v) is 3.41. The molecule has 192 valence electrons. The number of nitrogens with one attached hydrogen (secondary N) is 1. The smallest absolute Gasteiger partial charge is 0.407 e. The molecule has 5 heteroatoms. The first-order valence-electron chi connectivity index (χ1n) is 13.5. The van der Waals surface area contributed by atoms with Gasteiger partial charge in [-0.1, -0.05) is 91.4 Å². The van der Waals surface area contributed by atoms with Crippen LogP contribution >= 0.6 is 0 Å². The topological polar surface area (TPSA) is 56.8 Å². The molecule has 0 radical (unpaired) electrons. The lowest BCUT2D eigenvalue weighted by molar-refractivity contribution is -0.0601. The number of amides is 1. The summed E-state index contributed by atoms with van der Waals surface area (Å²) in [5.41, 5.74) is -0.455. The molecule has 1 amide bonds. The second-order valence-corrected chi connectivity index (χ2v) is 10.1. The van der Waals surface area contributed by atoms with E-state index in [-0.39, 0.29) is 12.7 Å². The van der Waals surface area contributed by atoms with Crippen molar-refractivity contribution in [3.05, 3.63) is 0 Å². The fraction of sp³-hybridized carbons (Fsp3) is 0.963. The number of hydrogen-bond donors (Lipinski definition) is 1. The van der Waals surface area contributed by atoms with E-state index in [9.17, 15) is 4.79 Å². The Balaban J connectivity index is 3.33. The van der Waals surface area contributed by atoms with Crippen LogP contribution in [0.2, 0.25) is 0 Å². The van der Waals surface area contributed by atoms with Gasteiger partial charge in [-0.3, -0.25) is 0 Å². The highest BCUT2D eigenvalue weighted by atomic mass is 16.6. The van der Waals surface area contributed by atoms with Crippen molar-refractivity contribution in [3.8, 4) is 0 Å². The summed E-state index contributed by atoms with van der Waals surface area (Å²) >= 11 is 0. The number of hydrogen-bond acceptors (Lipinski definition) is 4. The molecule has 0 spiro atoms. The average molecular weight is 458 g/mol. The molecule has 0 aromatic heterocycles. The lowest BCUT2D eigenvalue weighted by atomic mass is 10.1. The van der Waals surface area contributed by atoms with Crippen LogP contribution in [0, 0.1) is 5.92 Å². The fourth-order valence-electron chi connectivity index (χ4n) is 3.41. The van der Waals surface area contributed by atoms with E-state index in [0.717, 1.165) is 25.9 Å². The van der Waals surface area contributed by atoms with Crippen LogP contribution in [0.15, 0.2) is 0 Å². The maximum absolute atomic E-state index is 11.8. The molecule has 0 aromatic rings. The van der Waals surface area contributed by atoms with Crippen molar-refractivity contribution in [3.63, 3.8) is 0 Å². The zero-order valence-electron chi connectivity index (χ0n) is 22.1. The first-order valence-corrected chi connectivity index (χ1v) is 13.5. The summed E-state index contributed by atoms with van der Waals surface area (Å²) in [6.45, 7) is 13.5. The summed E-state index contributed by atoms with van der Waals surface area (Å²) in [6, 6.07) is 0. The van der Waals surface area contributed by atoms with E-state index in [4.69, 9.17) is 14.2 Å². The molecule has 0 aliphatic rings. The van der Waals surface area contributed by atoms with Gasteiger partial charge in [-0.2, -0.15) is 0 Å². The van der Waals surface area contributed by atoms with Crippen LogP contribution in [0.5, 0.6) is 0 Å². The zero-order valence-corrected chi connectivity index (χ0v) is 22.1. The third-order valence-corrected chi connectivity index (χ3v) is 5.62. The molecule has 0 unspecified atom stereocenters. The molecule has 32 heavy (non-hydrogen) atoms. The van der Waals surface area contributed by atoms with Gasteiger partial charge in [0.1, 0.15) is 6.61 Å². The summed E-state index contributed by atoms with van der Waals surface area (Å²) in [5.74, 6) is 0.608. The summed E-state index contributed by atoms with van der Waals surface area (Å²) in [4.78, 5) is 11.8. The summed E-state index contributed by atoms with van der Waals surface area (Å²) in [7, 11) is 0. The van der Waals surface area contributed by atoms with Crippen molar-refractivity contribution in [2.75, 3.05) is 33.0 Å². The number of ether oxygens (including phenoxy) is 3. The first kappa shape index (κ1) is 31.2. The second-order valence-electron chi connectivity index (χ2n) is 10.1. The van der Waals surface area contributed by atoms with Crippen LogP contribution in [0.4, 0.5) is 4.79 Å². The highest BCUT2D eigenvalue weighted by Gasteiger charge is 2.21. The predicted octanol–water partition coefficient (Wildman–Crippen LogP) is 7.66. The van der Waals surface area contributed by atoms with Gasteiger partial charge in [0, 0.05) is 26.4 Å². The van der Waals surface area contributed by atoms with Gasteiger partial charge in [-0.15, -0.1) is 0 Å². The highest BCUT2D eigenvalue weighted by Crippen LogP contribution is 2.13. The van der Waals surface area contributed by atoms with E-state index < -0.39 is 5.60 Å². The van der Waals surface area contributed by atoms with Crippen molar-refractivity contribution in [1.82, 2.24) is 5.32 Å². The van der Waals surface area contributed by atoms with Gasteiger partial charge in [-0.05, 0) is 39.0 Å². The first-order chi connectivity index (χ1) is 15.4. The molecule has 0 atom stereocenters. The largest absolute Gasteiger partial charge is 0.447 e. The Labute approximate surface area is 199 Å². The SMILES string of the molecule is CCCCCCCCCCCCCCOCCCNC(=O)OCC(C)(C)OCCC(C)C. The number of unbranched alkanes of at least 4 members (excludes halogenated alkanes) is 11. The summed E-state index contributed by atoms with van der Waals surface area (Å²) in [5, 5.41) is 2.78. The minimum atomic E-state index is -0.455. The molecule has 0 heterocycles. The van der Waals surface area contributed by atoms with Crippen LogP contribution in [0.1, 0.15) is 125 Å². The Morgan fingerprint density at radius 1 is 0.781 bits per heavy atom. The van der Waals surface area contributed by atoms with E-state index in [1.165, 1.54) is 70.6 Å². The van der Waals surface area contributed by atoms with E-state index in [1.54, 1.807) is 0 Å². The Morgan fingerprint density at radius 3 is 1.88 bits per heavy atom. The third-order valence-electron chi connectivity index (χ3n) is 5.62. The molecule has 0 aliphatic heterocycles. The third kappa shape index (κ3) is 23.8. The average Bonchev–Trinajstić information content (AvgIpc) is 2.74. The normalized spacial score (nSPS) is 11.8. The molecular weight excluding hydrogens is 402 g/mol. The molecular formula is C27H55NO4. The van der Waals surface area contributed by atoms with Gasteiger partial charge in [-0.25, -0.2) is 4.79 Å². The van der Waals surface area contributed by atoms with Crippen molar-refractivity contribution in [2.45, 2.75) is 130 Å². The molecule has 0 aromatic carbocycles. The van der Waals surface area contributed by atoms with Crippen LogP contribution in [0.3, 0.4) is 0 Å². The van der Waals surface area contributed by atoms with E-state index in [0.29, 0.717) is 25.7 Å². The van der Waals surface area contributed by atoms with Crippen molar-refractivity contribution in [1.29, 1.82) is 0 Å². The number of carbonyl (C=O) groups excluding carboxylic acids is 1. The van der Waals surface area contributed by atoms with Crippen LogP contribution < -0.4 is 5.32 Å². The van der Waals surface area contributed by atoms with Crippen LogP contribution in [-0.4, -0.2) is 44.7 Å². The summed E-state index contributed by atoms with van der Waals surface area (Å²) < 4.78 is 16.8. The molecule has 0 rings (SSSR count). The molecule has 1 N–H and O–H groups in total. The molecule has 0 fully saturated rings. The van der Waals surface area contributed by atoms with Crippen LogP contribution in [-0.2, 0) is 14.2 Å². The van der Waals surface area contributed by atoms with Gasteiger partial charge in [0.25, 0.3) is 0 Å². The number of carbonyl (C=O) groups is 1. The van der Waals surface area contributed by atoms with Gasteiger partial charge >= 0.3 is 6.09 Å². The maximum Gasteiger partial charge on any atom is 0.407 e. The van der Waals surface area contributed by atoms with E-state index >= 15 is 0 Å². The van der Waals surface area contributed by atoms with Gasteiger partial charge in [0.05, 0.1) is 5.60 Å². The van der Waals surface area contributed by atoms with Crippen molar-refractivity contribution < 1.29 is 19.0 Å². The van der Waals surface area contributed by atoms with Gasteiger partial charge in [0.15, 0.2) is 0 Å². The minimum absolute atomic E-state index is 0.256. The monoisotopic (exact) mass is 457 g/mol. The summed E-state index contributed by atoms with van der Waals surface area (Å²) in [6.07, 6.45) is 17.7. The van der Waals surface area contributed by atoms with Crippen molar-refractivity contribution in [2.24, 2.45) is 5.92 Å². The Kier molecular flexibility index (Phi) is 21.4. The lowest BCUT2D eigenvalue weighted by Gasteiger charge is -2.25. The number of rotatable bonds is 23. The quantitative estimate of drug-likeness (QED) is 0.160. The molecule has 0 saturated carbocycles. The minimum Gasteiger partial charge on any atom is -0.447 e. The van der Waals surface area contributed by atoms with Crippen molar-refractivity contribution >= 4 is 6.09 Å². The Morgan fingerprint density at radius 2 is 1.31 bits per heavy atom. The highest BCUT2D eigenvalue weighted by molar-refractivity contribution is 5.67. The van der Waals surface area contributed by atoms with Gasteiger partial charge in [0.2, 0.25) is 0 Å². The lowest BCUT2D eigenvalue weighted by Crippen LogP contribution is -2.36. The molecule has 0 aliphatic carbocycles. The molecule has 0 bridgehead atoms. The second kappa shape index (κ2) is 22.0. The van der Waals surface area contributed by atoms with E-state index in [1.807, 2.05) is 13.8 Å². The van der Waals surface area contributed by atoms with Gasteiger partial charge < -0.3 is 19.5 Å².